The average Bonchev–Trinajstić information content (AvgIpc) is 3.42. The second-order valence-electron chi connectivity index (χ2n) is 7.12. The number of hydrogen-bond donors (Lipinski definition) is 3. The zero-order chi connectivity index (χ0) is 19.7. The third kappa shape index (κ3) is 3.26. The topological polar surface area (TPSA) is 114 Å². The standard InChI is InChI=1S/C21H21N5O2/c1-13-5-7-14(8-6-13)17-18(15-4-2-3-11-23-15)26-16(25-17)12-24-20(28)21(9-10-21)19(22)27/h2-8,11H,9-10,12H2,1H3,(H2,22,27)(H,24,28)(H,25,26). The molecule has 1 aliphatic carbocycles. The van der Waals surface area contributed by atoms with Crippen molar-refractivity contribution in [2.45, 2.75) is 26.3 Å². The Labute approximate surface area is 162 Å². The van der Waals surface area contributed by atoms with Crippen LogP contribution in [0.2, 0.25) is 0 Å². The summed E-state index contributed by atoms with van der Waals surface area (Å²) in [7, 11) is 0. The number of nitrogens with zero attached hydrogens (tertiary/aromatic N) is 2. The largest absolute Gasteiger partial charge is 0.369 e. The fourth-order valence-electron chi connectivity index (χ4n) is 3.17. The molecule has 1 fully saturated rings. The maximum atomic E-state index is 12.3. The maximum absolute atomic E-state index is 12.3. The molecule has 0 unspecified atom stereocenters. The molecule has 0 bridgehead atoms. The normalized spacial score (nSPS) is 14.5. The Hall–Kier alpha value is -3.48. The Morgan fingerprint density at radius 3 is 2.54 bits per heavy atom. The van der Waals surface area contributed by atoms with Crippen LogP contribution < -0.4 is 11.1 Å². The Kier molecular flexibility index (Phi) is 4.43. The lowest BCUT2D eigenvalue weighted by Gasteiger charge is -2.10. The molecule has 0 saturated heterocycles. The number of aromatic nitrogens is 3. The van der Waals surface area contributed by atoms with E-state index in [1.54, 1.807) is 6.20 Å². The number of hydrogen-bond acceptors (Lipinski definition) is 4. The van der Waals surface area contributed by atoms with Crippen LogP contribution in [-0.4, -0.2) is 26.8 Å². The van der Waals surface area contributed by atoms with Gasteiger partial charge in [0.2, 0.25) is 11.8 Å². The summed E-state index contributed by atoms with van der Waals surface area (Å²) in [5.41, 5.74) is 8.74. The zero-order valence-electron chi connectivity index (χ0n) is 15.5. The van der Waals surface area contributed by atoms with Gasteiger partial charge in [0.15, 0.2) is 0 Å². The minimum atomic E-state index is -1.05. The van der Waals surface area contributed by atoms with Crippen molar-refractivity contribution in [3.8, 4) is 22.6 Å². The van der Waals surface area contributed by atoms with Gasteiger partial charge in [-0.3, -0.25) is 14.6 Å². The van der Waals surface area contributed by atoms with Crippen LogP contribution in [0.5, 0.6) is 0 Å². The smallest absolute Gasteiger partial charge is 0.236 e. The average molecular weight is 375 g/mol. The number of pyridine rings is 1. The molecular weight excluding hydrogens is 354 g/mol. The van der Waals surface area contributed by atoms with Crippen molar-refractivity contribution < 1.29 is 9.59 Å². The highest BCUT2D eigenvalue weighted by Crippen LogP contribution is 2.45. The van der Waals surface area contributed by atoms with Crippen molar-refractivity contribution in [2.24, 2.45) is 11.1 Å². The summed E-state index contributed by atoms with van der Waals surface area (Å²) in [6.07, 6.45) is 2.72. The van der Waals surface area contributed by atoms with Gasteiger partial charge in [0.05, 0.1) is 23.6 Å². The van der Waals surface area contributed by atoms with Crippen LogP contribution in [0.25, 0.3) is 22.6 Å². The first-order valence-electron chi connectivity index (χ1n) is 9.15. The Morgan fingerprint density at radius 1 is 1.18 bits per heavy atom. The highest BCUT2D eigenvalue weighted by Gasteiger charge is 2.55. The predicted molar refractivity (Wildman–Crippen MR) is 105 cm³/mol. The van der Waals surface area contributed by atoms with Gasteiger partial charge in [0.25, 0.3) is 0 Å². The SMILES string of the molecule is Cc1ccc(-c2nc(CNC(=O)C3(C(N)=O)CC3)[nH]c2-c2ccccn2)cc1. The molecule has 2 amide bonds. The fraction of sp³-hybridized carbons (Fsp3) is 0.238. The number of amides is 2. The summed E-state index contributed by atoms with van der Waals surface area (Å²) in [5, 5.41) is 2.78. The van der Waals surface area contributed by atoms with E-state index in [0.717, 1.165) is 28.2 Å². The third-order valence-electron chi connectivity index (χ3n) is 5.07. The van der Waals surface area contributed by atoms with Crippen LogP contribution in [0.4, 0.5) is 0 Å². The monoisotopic (exact) mass is 375 g/mol. The van der Waals surface area contributed by atoms with Crippen molar-refractivity contribution in [1.29, 1.82) is 0 Å². The molecule has 2 heterocycles. The van der Waals surface area contributed by atoms with E-state index in [2.05, 4.69) is 20.3 Å². The summed E-state index contributed by atoms with van der Waals surface area (Å²) >= 11 is 0. The number of primary amides is 1. The molecule has 142 valence electrons. The van der Waals surface area contributed by atoms with Gasteiger partial charge in [0.1, 0.15) is 11.2 Å². The van der Waals surface area contributed by atoms with Gasteiger partial charge in [-0.25, -0.2) is 4.98 Å². The molecule has 7 nitrogen and oxygen atoms in total. The number of H-pyrrole nitrogens is 1. The van der Waals surface area contributed by atoms with Gasteiger partial charge in [-0.15, -0.1) is 0 Å². The lowest BCUT2D eigenvalue weighted by Crippen LogP contribution is -2.40. The third-order valence-corrected chi connectivity index (χ3v) is 5.07. The number of nitrogens with one attached hydrogen (secondary N) is 2. The number of aromatic amines is 1. The summed E-state index contributed by atoms with van der Waals surface area (Å²) in [5.74, 6) is -0.323. The van der Waals surface area contributed by atoms with Gasteiger partial charge in [-0.1, -0.05) is 35.9 Å². The minimum absolute atomic E-state index is 0.180. The van der Waals surface area contributed by atoms with Crippen LogP contribution in [0.15, 0.2) is 48.7 Å². The Morgan fingerprint density at radius 2 is 1.93 bits per heavy atom. The van der Waals surface area contributed by atoms with E-state index in [4.69, 9.17) is 5.73 Å². The van der Waals surface area contributed by atoms with Crippen LogP contribution >= 0.6 is 0 Å². The molecule has 0 spiro atoms. The van der Waals surface area contributed by atoms with Gasteiger partial charge in [0, 0.05) is 11.8 Å². The van der Waals surface area contributed by atoms with Gasteiger partial charge in [-0.05, 0) is 31.9 Å². The summed E-state index contributed by atoms with van der Waals surface area (Å²) in [4.78, 5) is 36.2. The van der Waals surface area contributed by atoms with Crippen molar-refractivity contribution in [3.05, 3.63) is 60.0 Å². The lowest BCUT2D eigenvalue weighted by atomic mass is 10.1. The summed E-state index contributed by atoms with van der Waals surface area (Å²) in [6, 6.07) is 13.7. The number of carbonyl (C=O) groups excluding carboxylic acids is 2. The molecule has 7 heteroatoms. The van der Waals surface area contributed by atoms with E-state index in [1.165, 1.54) is 0 Å². The fourth-order valence-corrected chi connectivity index (χ4v) is 3.17. The molecule has 0 radical (unpaired) electrons. The van der Waals surface area contributed by atoms with Gasteiger partial charge in [-0.2, -0.15) is 0 Å². The highest BCUT2D eigenvalue weighted by molar-refractivity contribution is 6.07. The van der Waals surface area contributed by atoms with E-state index in [9.17, 15) is 9.59 Å². The molecule has 2 aromatic heterocycles. The van der Waals surface area contributed by atoms with E-state index in [0.29, 0.717) is 18.7 Å². The Balaban J connectivity index is 1.63. The quantitative estimate of drug-likeness (QED) is 0.574. The van der Waals surface area contributed by atoms with Gasteiger partial charge >= 0.3 is 0 Å². The number of nitrogens with two attached hydrogens (primary N) is 1. The number of carbonyl (C=O) groups is 2. The van der Waals surface area contributed by atoms with E-state index < -0.39 is 11.3 Å². The zero-order valence-corrected chi connectivity index (χ0v) is 15.5. The first-order valence-corrected chi connectivity index (χ1v) is 9.15. The lowest BCUT2D eigenvalue weighted by molar-refractivity contribution is -0.135. The van der Waals surface area contributed by atoms with Crippen LogP contribution in [-0.2, 0) is 16.1 Å². The van der Waals surface area contributed by atoms with E-state index in [1.807, 2.05) is 49.4 Å². The number of imidazole rings is 1. The van der Waals surface area contributed by atoms with Crippen LogP contribution in [0.3, 0.4) is 0 Å². The number of aryl methyl sites for hydroxylation is 1. The number of rotatable bonds is 6. The van der Waals surface area contributed by atoms with E-state index >= 15 is 0 Å². The predicted octanol–water partition coefficient (Wildman–Crippen LogP) is 2.33. The highest BCUT2D eigenvalue weighted by atomic mass is 16.2. The second-order valence-corrected chi connectivity index (χ2v) is 7.12. The van der Waals surface area contributed by atoms with Crippen LogP contribution in [0.1, 0.15) is 24.2 Å². The molecule has 0 atom stereocenters. The maximum Gasteiger partial charge on any atom is 0.236 e. The van der Waals surface area contributed by atoms with Crippen molar-refractivity contribution in [1.82, 2.24) is 20.3 Å². The van der Waals surface area contributed by atoms with Crippen molar-refractivity contribution in [3.63, 3.8) is 0 Å². The molecule has 1 saturated carbocycles. The molecule has 28 heavy (non-hydrogen) atoms. The molecule has 1 aromatic carbocycles. The first-order chi connectivity index (χ1) is 13.5. The number of benzene rings is 1. The van der Waals surface area contributed by atoms with Crippen molar-refractivity contribution in [2.75, 3.05) is 0 Å². The minimum Gasteiger partial charge on any atom is -0.369 e. The van der Waals surface area contributed by atoms with Crippen LogP contribution in [0, 0.1) is 12.3 Å². The molecule has 4 N–H and O–H groups in total. The molecule has 0 aliphatic heterocycles. The molecular formula is C21H21N5O2. The summed E-state index contributed by atoms with van der Waals surface area (Å²) < 4.78 is 0. The Bertz CT molecular complexity index is 1020. The molecule has 4 rings (SSSR count). The van der Waals surface area contributed by atoms with Crippen molar-refractivity contribution >= 4 is 11.8 Å². The van der Waals surface area contributed by atoms with Gasteiger partial charge < -0.3 is 16.0 Å². The molecule has 1 aliphatic rings. The molecule has 3 aromatic rings. The second kappa shape index (κ2) is 6.92. The van der Waals surface area contributed by atoms with E-state index in [-0.39, 0.29) is 12.5 Å². The summed E-state index contributed by atoms with van der Waals surface area (Å²) in [6.45, 7) is 2.21. The first kappa shape index (κ1) is 17.9.